The van der Waals surface area contributed by atoms with E-state index in [4.69, 9.17) is 0 Å². The Labute approximate surface area is 206 Å². The average molecular weight is 502 g/mol. The lowest BCUT2D eigenvalue weighted by molar-refractivity contribution is -0.120. The van der Waals surface area contributed by atoms with Crippen molar-refractivity contribution in [1.82, 2.24) is 14.5 Å². The number of ketones is 1. The first-order valence-electron chi connectivity index (χ1n) is 10.9. The molecule has 0 saturated carbocycles. The monoisotopic (exact) mass is 501 g/mol. The smallest absolute Gasteiger partial charge is 0.264 e. The van der Waals surface area contributed by atoms with Crippen LogP contribution in [0.5, 0.6) is 0 Å². The van der Waals surface area contributed by atoms with Gasteiger partial charge in [0, 0.05) is 18.2 Å². The lowest BCUT2D eigenvalue weighted by Gasteiger charge is -2.31. The maximum atomic E-state index is 13.5. The van der Waals surface area contributed by atoms with Gasteiger partial charge in [-0.05, 0) is 18.2 Å². The molecule has 0 radical (unpaired) electrons. The lowest BCUT2D eigenvalue weighted by atomic mass is 10.0. The number of benzene rings is 3. The van der Waals surface area contributed by atoms with E-state index in [0.29, 0.717) is 0 Å². The molecule has 3 amide bonds. The van der Waals surface area contributed by atoms with E-state index in [2.05, 4.69) is 5.32 Å². The molecule has 36 heavy (non-hydrogen) atoms. The van der Waals surface area contributed by atoms with Gasteiger partial charge >= 0.3 is 0 Å². The molecule has 2 aliphatic rings. The number of hydrogen-bond donors (Lipinski definition) is 1. The Morgan fingerprint density at radius 1 is 0.778 bits per heavy atom. The number of sulfonamides is 1. The molecule has 0 aliphatic carbocycles. The van der Waals surface area contributed by atoms with E-state index in [9.17, 15) is 27.6 Å². The third-order valence-electron chi connectivity index (χ3n) is 6.04. The van der Waals surface area contributed by atoms with E-state index in [1.165, 1.54) is 49.5 Å². The number of carbonyl (C=O) groups is 4. The molecule has 5 rings (SSSR count). The molecule has 0 aromatic heterocycles. The second-order valence-electron chi connectivity index (χ2n) is 8.18. The average Bonchev–Trinajstić information content (AvgIpc) is 3.12. The Morgan fingerprint density at radius 3 is 1.92 bits per heavy atom. The van der Waals surface area contributed by atoms with Crippen LogP contribution in [-0.2, 0) is 14.8 Å². The number of allylic oxidation sites excluding steroid dienone is 1. The van der Waals surface area contributed by atoms with E-state index in [-0.39, 0.29) is 38.5 Å². The SMILES string of the molecule is CN1C(C(=O)c2ccccc2)=C(NC(=O)CN2C(=O)c3ccccc3C2=O)c2ccccc2S1(=O)=O. The van der Waals surface area contributed by atoms with Crippen molar-refractivity contribution >= 4 is 39.2 Å². The summed E-state index contributed by atoms with van der Waals surface area (Å²) >= 11 is 0. The number of likely N-dealkylation sites (N-methyl/N-ethyl adjacent to an activating group) is 1. The highest BCUT2D eigenvalue weighted by Crippen LogP contribution is 2.36. The first-order chi connectivity index (χ1) is 17.2. The quantitative estimate of drug-likeness (QED) is 0.423. The summed E-state index contributed by atoms with van der Waals surface area (Å²) in [4.78, 5) is 52.7. The number of fused-ring (bicyclic) bond motifs is 2. The van der Waals surface area contributed by atoms with Gasteiger partial charge in [0.1, 0.15) is 12.2 Å². The van der Waals surface area contributed by atoms with Crippen molar-refractivity contribution in [1.29, 1.82) is 0 Å². The molecule has 0 unspecified atom stereocenters. The number of hydrogen-bond acceptors (Lipinski definition) is 6. The van der Waals surface area contributed by atoms with Crippen LogP contribution in [0.2, 0.25) is 0 Å². The van der Waals surface area contributed by atoms with Crippen LogP contribution in [0.25, 0.3) is 5.70 Å². The summed E-state index contributed by atoms with van der Waals surface area (Å²) in [5.41, 5.74) is 0.465. The molecule has 0 fully saturated rings. The summed E-state index contributed by atoms with van der Waals surface area (Å²) in [6.07, 6.45) is 0. The van der Waals surface area contributed by atoms with Crippen molar-refractivity contribution in [2.75, 3.05) is 13.6 Å². The number of imide groups is 1. The molecule has 0 spiro atoms. The molecule has 3 aromatic carbocycles. The first kappa shape index (κ1) is 23.2. The summed E-state index contributed by atoms with van der Waals surface area (Å²) in [5.74, 6) is -2.60. The van der Waals surface area contributed by atoms with Crippen molar-refractivity contribution in [3.05, 3.63) is 107 Å². The van der Waals surface area contributed by atoms with Crippen LogP contribution >= 0.6 is 0 Å². The van der Waals surface area contributed by atoms with E-state index >= 15 is 0 Å². The molecule has 9 nitrogen and oxygen atoms in total. The van der Waals surface area contributed by atoms with Crippen LogP contribution in [0.3, 0.4) is 0 Å². The van der Waals surface area contributed by atoms with Gasteiger partial charge in [0.2, 0.25) is 11.7 Å². The number of amides is 3. The van der Waals surface area contributed by atoms with Gasteiger partial charge in [-0.3, -0.25) is 28.4 Å². The Morgan fingerprint density at radius 2 is 1.31 bits per heavy atom. The van der Waals surface area contributed by atoms with E-state index < -0.39 is 40.1 Å². The fraction of sp³-hybridized carbons (Fsp3) is 0.0769. The Bertz CT molecular complexity index is 1560. The van der Waals surface area contributed by atoms with Crippen molar-refractivity contribution in [3.63, 3.8) is 0 Å². The number of Topliss-reactive ketones (excluding diaryl/α,β-unsaturated/α-hetero) is 1. The standard InChI is InChI=1S/C26H19N3O6S/c1-28-23(24(31)16-9-3-2-4-10-16)22(19-13-7-8-14-20(19)36(28,34)35)27-21(30)15-29-25(32)17-11-5-6-12-18(17)26(29)33/h2-14H,15H2,1H3,(H,27,30). The van der Waals surface area contributed by atoms with Crippen molar-refractivity contribution < 1.29 is 27.6 Å². The van der Waals surface area contributed by atoms with Gasteiger partial charge in [0.25, 0.3) is 21.8 Å². The van der Waals surface area contributed by atoms with E-state index in [1.807, 2.05) is 0 Å². The Kier molecular flexibility index (Phi) is 5.52. The minimum Gasteiger partial charge on any atom is -0.322 e. The fourth-order valence-corrected chi connectivity index (χ4v) is 5.67. The summed E-state index contributed by atoms with van der Waals surface area (Å²) in [7, 11) is -2.85. The highest BCUT2D eigenvalue weighted by molar-refractivity contribution is 7.89. The maximum absolute atomic E-state index is 13.5. The molecule has 3 aromatic rings. The molecular weight excluding hydrogens is 482 g/mol. The van der Waals surface area contributed by atoms with Crippen LogP contribution in [0, 0.1) is 0 Å². The second kappa shape index (κ2) is 8.58. The lowest BCUT2D eigenvalue weighted by Crippen LogP contribution is -2.43. The molecule has 10 heteroatoms. The van der Waals surface area contributed by atoms with Crippen LogP contribution in [0.15, 0.2) is 89.5 Å². The fourth-order valence-electron chi connectivity index (χ4n) is 4.27. The van der Waals surface area contributed by atoms with Crippen LogP contribution in [-0.4, -0.2) is 54.7 Å². The normalized spacial score (nSPS) is 16.0. The number of nitrogens with one attached hydrogen (secondary N) is 1. The molecular formula is C26H19N3O6S. The largest absolute Gasteiger partial charge is 0.322 e. The number of carbonyl (C=O) groups excluding carboxylic acids is 4. The summed E-state index contributed by atoms with van der Waals surface area (Å²) in [5, 5.41) is 2.61. The van der Waals surface area contributed by atoms with Gasteiger partial charge in [0.05, 0.1) is 21.7 Å². The summed E-state index contributed by atoms with van der Waals surface area (Å²) < 4.78 is 27.2. The van der Waals surface area contributed by atoms with Gasteiger partial charge in [-0.1, -0.05) is 60.7 Å². The first-order valence-corrected chi connectivity index (χ1v) is 12.3. The minimum atomic E-state index is -4.08. The molecule has 0 saturated heterocycles. The van der Waals surface area contributed by atoms with Crippen molar-refractivity contribution in [3.8, 4) is 0 Å². The molecule has 180 valence electrons. The van der Waals surface area contributed by atoms with Crippen molar-refractivity contribution in [2.45, 2.75) is 4.90 Å². The molecule has 0 bridgehead atoms. The minimum absolute atomic E-state index is 0.0293. The zero-order valence-corrected chi connectivity index (χ0v) is 19.8. The van der Waals surface area contributed by atoms with Gasteiger partial charge < -0.3 is 5.32 Å². The predicted octanol–water partition coefficient (Wildman–Crippen LogP) is 2.28. The predicted molar refractivity (Wildman–Crippen MR) is 129 cm³/mol. The van der Waals surface area contributed by atoms with Crippen LogP contribution in [0.1, 0.15) is 36.6 Å². The van der Waals surface area contributed by atoms with Crippen molar-refractivity contribution in [2.24, 2.45) is 0 Å². The summed E-state index contributed by atoms with van der Waals surface area (Å²) in [6.45, 7) is -0.610. The van der Waals surface area contributed by atoms with E-state index in [0.717, 1.165) is 9.21 Å². The highest BCUT2D eigenvalue weighted by atomic mass is 32.2. The zero-order chi connectivity index (χ0) is 25.6. The third-order valence-corrected chi connectivity index (χ3v) is 7.86. The molecule has 2 heterocycles. The summed E-state index contributed by atoms with van der Waals surface area (Å²) in [6, 6.07) is 20.3. The van der Waals surface area contributed by atoms with E-state index in [1.54, 1.807) is 36.4 Å². The Hall–Kier alpha value is -4.57. The van der Waals surface area contributed by atoms with Gasteiger partial charge in [0.15, 0.2) is 0 Å². The third kappa shape index (κ3) is 3.59. The number of nitrogens with zero attached hydrogens (tertiary/aromatic N) is 2. The highest BCUT2D eigenvalue weighted by Gasteiger charge is 2.40. The Balaban J connectivity index is 1.56. The maximum Gasteiger partial charge on any atom is 0.264 e. The van der Waals surface area contributed by atoms with Gasteiger partial charge in [-0.2, -0.15) is 0 Å². The second-order valence-corrected chi connectivity index (χ2v) is 10.1. The number of rotatable bonds is 5. The van der Waals surface area contributed by atoms with Gasteiger partial charge in [-0.25, -0.2) is 8.42 Å². The van der Waals surface area contributed by atoms with Crippen LogP contribution < -0.4 is 5.32 Å². The zero-order valence-electron chi connectivity index (χ0n) is 19.0. The van der Waals surface area contributed by atoms with Gasteiger partial charge in [-0.15, -0.1) is 0 Å². The van der Waals surface area contributed by atoms with Crippen LogP contribution in [0.4, 0.5) is 0 Å². The molecule has 2 aliphatic heterocycles. The topological polar surface area (TPSA) is 121 Å². The molecule has 1 N–H and O–H groups in total. The molecule has 0 atom stereocenters.